The topological polar surface area (TPSA) is 70.6 Å². The normalized spacial score (nSPS) is 14.6. The van der Waals surface area contributed by atoms with E-state index in [1.54, 1.807) is 0 Å². The minimum atomic E-state index is -0.510. The van der Waals surface area contributed by atoms with Gasteiger partial charge in [0.25, 0.3) is 0 Å². The number of hydrogen-bond acceptors (Lipinski definition) is 4. The van der Waals surface area contributed by atoms with Crippen LogP contribution in [0, 0.1) is 5.41 Å². The molecule has 0 aromatic rings. The fourth-order valence-corrected chi connectivity index (χ4v) is 1.28. The first-order valence-electron chi connectivity index (χ1n) is 5.72. The number of rotatable bonds is 7. The smallest absolute Gasteiger partial charge is 0.421 e. The number of ether oxygens (including phenoxy) is 1. The average Bonchev–Trinajstić information content (AvgIpc) is 2.24. The Bertz CT molecular complexity index is 209. The third kappa shape index (κ3) is 6.63. The van der Waals surface area contributed by atoms with Crippen LogP contribution in [-0.4, -0.2) is 30.5 Å². The molecule has 1 atom stereocenters. The van der Waals surface area contributed by atoms with E-state index in [9.17, 15) is 9.90 Å². The Hall–Kier alpha value is -0.810. The molecule has 0 aromatic carbocycles. The lowest BCUT2D eigenvalue weighted by molar-refractivity contribution is 0.0416. The number of carbonyl (C=O) groups is 1. The molecule has 0 fully saturated rings. The third-order valence-corrected chi connectivity index (χ3v) is 2.25. The quantitative estimate of drug-likeness (QED) is 0.581. The molecule has 0 heterocycles. The summed E-state index contributed by atoms with van der Waals surface area (Å²) in [5, 5.41) is 9.22. The van der Waals surface area contributed by atoms with Gasteiger partial charge in [0.15, 0.2) is 0 Å². The van der Waals surface area contributed by atoms with Gasteiger partial charge in [0.2, 0.25) is 0 Å². The summed E-state index contributed by atoms with van der Waals surface area (Å²) < 4.78 is 5.03. The third-order valence-electron chi connectivity index (χ3n) is 2.25. The van der Waals surface area contributed by atoms with Crippen LogP contribution in [0.15, 0.2) is 0 Å². The summed E-state index contributed by atoms with van der Waals surface area (Å²) in [6.07, 6.45) is 1.27. The van der Waals surface area contributed by atoms with Crippen molar-refractivity contribution in [1.29, 1.82) is 0 Å². The van der Waals surface area contributed by atoms with Crippen molar-refractivity contribution in [1.82, 2.24) is 10.9 Å². The number of hydrogen-bond donors (Lipinski definition) is 3. The predicted molar refractivity (Wildman–Crippen MR) is 62.9 cm³/mol. The predicted octanol–water partition coefficient (Wildman–Crippen LogP) is 1.42. The number of aliphatic hydroxyl groups is 1. The lowest BCUT2D eigenvalue weighted by Crippen LogP contribution is -2.43. The molecule has 0 spiro atoms. The van der Waals surface area contributed by atoms with Crippen molar-refractivity contribution < 1.29 is 14.6 Å². The Labute approximate surface area is 97.5 Å². The molecule has 0 radical (unpaired) electrons. The zero-order valence-corrected chi connectivity index (χ0v) is 10.7. The highest BCUT2D eigenvalue weighted by Gasteiger charge is 2.24. The van der Waals surface area contributed by atoms with E-state index < -0.39 is 6.09 Å². The van der Waals surface area contributed by atoms with E-state index >= 15 is 0 Å². The van der Waals surface area contributed by atoms with E-state index in [2.05, 4.69) is 10.9 Å². The molecular weight excluding hydrogens is 208 g/mol. The van der Waals surface area contributed by atoms with Crippen LogP contribution in [-0.2, 0) is 4.74 Å². The molecule has 1 unspecified atom stereocenters. The summed E-state index contributed by atoms with van der Waals surface area (Å²) >= 11 is 0. The first-order valence-corrected chi connectivity index (χ1v) is 5.72. The average molecular weight is 232 g/mol. The Balaban J connectivity index is 3.88. The summed E-state index contributed by atoms with van der Waals surface area (Å²) in [7, 11) is 0. The second-order valence-corrected chi connectivity index (χ2v) is 4.72. The van der Waals surface area contributed by atoms with Crippen molar-refractivity contribution >= 4 is 6.09 Å². The molecule has 16 heavy (non-hydrogen) atoms. The molecule has 0 saturated heterocycles. The number of carbonyl (C=O) groups excluding carboxylic acids is 1. The SMILES string of the molecule is CCCC(C)(CO)COC(=O)NNC(C)C. The van der Waals surface area contributed by atoms with E-state index in [4.69, 9.17) is 4.74 Å². The van der Waals surface area contributed by atoms with Crippen LogP contribution in [0.4, 0.5) is 4.79 Å². The second kappa shape index (κ2) is 7.46. The molecule has 0 aliphatic rings. The van der Waals surface area contributed by atoms with E-state index in [0.29, 0.717) is 0 Å². The minimum absolute atomic E-state index is 0.0196. The lowest BCUT2D eigenvalue weighted by Gasteiger charge is -2.26. The van der Waals surface area contributed by atoms with Crippen LogP contribution >= 0.6 is 0 Å². The number of nitrogens with one attached hydrogen (secondary N) is 2. The Morgan fingerprint density at radius 1 is 1.50 bits per heavy atom. The molecule has 0 rings (SSSR count). The molecule has 5 nitrogen and oxygen atoms in total. The van der Waals surface area contributed by atoms with Gasteiger partial charge in [0.1, 0.15) is 6.61 Å². The monoisotopic (exact) mass is 232 g/mol. The summed E-state index contributed by atoms with van der Waals surface area (Å²) in [5.41, 5.74) is 4.83. The van der Waals surface area contributed by atoms with Crippen LogP contribution in [0.2, 0.25) is 0 Å². The van der Waals surface area contributed by atoms with Crippen LogP contribution in [0.1, 0.15) is 40.5 Å². The summed E-state index contributed by atoms with van der Waals surface area (Å²) in [4.78, 5) is 11.2. The van der Waals surface area contributed by atoms with Crippen LogP contribution < -0.4 is 10.9 Å². The van der Waals surface area contributed by atoms with Gasteiger partial charge in [-0.2, -0.15) is 0 Å². The van der Waals surface area contributed by atoms with E-state index in [1.807, 2.05) is 27.7 Å². The molecule has 96 valence electrons. The van der Waals surface area contributed by atoms with Gasteiger partial charge >= 0.3 is 6.09 Å². The molecule has 0 saturated carbocycles. The largest absolute Gasteiger partial charge is 0.448 e. The van der Waals surface area contributed by atoms with E-state index in [1.165, 1.54) is 0 Å². The summed E-state index contributed by atoms with van der Waals surface area (Å²) in [6, 6.07) is 0.160. The van der Waals surface area contributed by atoms with Gasteiger partial charge in [-0.15, -0.1) is 0 Å². The second-order valence-electron chi connectivity index (χ2n) is 4.72. The van der Waals surface area contributed by atoms with Gasteiger partial charge in [-0.1, -0.05) is 20.3 Å². The van der Waals surface area contributed by atoms with Crippen molar-refractivity contribution in [3.8, 4) is 0 Å². The number of amides is 1. The highest BCUT2D eigenvalue weighted by atomic mass is 16.6. The van der Waals surface area contributed by atoms with Gasteiger partial charge < -0.3 is 9.84 Å². The summed E-state index contributed by atoms with van der Waals surface area (Å²) in [5.74, 6) is 0. The molecule has 0 aromatic heterocycles. The van der Waals surface area contributed by atoms with Crippen molar-refractivity contribution in [3.63, 3.8) is 0 Å². The first-order chi connectivity index (χ1) is 7.43. The van der Waals surface area contributed by atoms with Gasteiger partial charge in [-0.25, -0.2) is 10.2 Å². The zero-order chi connectivity index (χ0) is 12.6. The minimum Gasteiger partial charge on any atom is -0.448 e. The van der Waals surface area contributed by atoms with E-state index in [-0.39, 0.29) is 24.7 Å². The van der Waals surface area contributed by atoms with Gasteiger partial charge in [0, 0.05) is 11.5 Å². The van der Waals surface area contributed by atoms with Crippen LogP contribution in [0.3, 0.4) is 0 Å². The van der Waals surface area contributed by atoms with E-state index in [0.717, 1.165) is 12.8 Å². The maximum absolute atomic E-state index is 11.2. The first kappa shape index (κ1) is 15.2. The van der Waals surface area contributed by atoms with Crippen LogP contribution in [0.25, 0.3) is 0 Å². The van der Waals surface area contributed by atoms with Crippen LogP contribution in [0.5, 0.6) is 0 Å². The Kier molecular flexibility index (Phi) is 7.08. The molecule has 5 heteroatoms. The van der Waals surface area contributed by atoms with Gasteiger partial charge in [0.05, 0.1) is 6.61 Å². The molecule has 3 N–H and O–H groups in total. The Morgan fingerprint density at radius 2 is 2.12 bits per heavy atom. The standard InChI is InChI=1S/C11H24N2O3/c1-5-6-11(4,7-14)8-16-10(15)13-12-9(2)3/h9,12,14H,5-8H2,1-4H3,(H,13,15). The van der Waals surface area contributed by atoms with Crippen molar-refractivity contribution in [3.05, 3.63) is 0 Å². The summed E-state index contributed by atoms with van der Waals surface area (Å²) in [6.45, 7) is 8.01. The maximum Gasteiger partial charge on any atom is 0.421 e. The Morgan fingerprint density at radius 3 is 2.56 bits per heavy atom. The zero-order valence-electron chi connectivity index (χ0n) is 10.7. The molecule has 0 bridgehead atoms. The fraction of sp³-hybridized carbons (Fsp3) is 0.909. The number of hydrazine groups is 1. The lowest BCUT2D eigenvalue weighted by atomic mass is 9.88. The van der Waals surface area contributed by atoms with Gasteiger partial charge in [-0.05, 0) is 20.3 Å². The fourth-order valence-electron chi connectivity index (χ4n) is 1.28. The van der Waals surface area contributed by atoms with Crippen molar-refractivity contribution in [2.45, 2.75) is 46.6 Å². The van der Waals surface area contributed by atoms with Gasteiger partial charge in [-0.3, -0.25) is 5.43 Å². The van der Waals surface area contributed by atoms with Crippen molar-refractivity contribution in [2.75, 3.05) is 13.2 Å². The molecule has 1 amide bonds. The molecular formula is C11H24N2O3. The highest BCUT2D eigenvalue weighted by Crippen LogP contribution is 2.22. The highest BCUT2D eigenvalue weighted by molar-refractivity contribution is 5.66. The van der Waals surface area contributed by atoms with Crippen molar-refractivity contribution in [2.24, 2.45) is 5.41 Å². The molecule has 0 aliphatic carbocycles. The number of aliphatic hydroxyl groups excluding tert-OH is 1. The molecule has 0 aliphatic heterocycles. The maximum atomic E-state index is 11.2.